The number of halogens is 2. The minimum atomic E-state index is -2.81. The van der Waals surface area contributed by atoms with E-state index in [9.17, 15) is 33.7 Å². The van der Waals surface area contributed by atoms with Gasteiger partial charge in [-0.15, -0.1) is 0 Å². The number of nitriles is 1. The van der Waals surface area contributed by atoms with Crippen LogP contribution in [0.15, 0.2) is 46.6 Å². The van der Waals surface area contributed by atoms with Crippen LogP contribution in [0.3, 0.4) is 0 Å². The Morgan fingerprint density at radius 1 is 1.37 bits per heavy atom. The van der Waals surface area contributed by atoms with Crippen molar-refractivity contribution in [3.8, 4) is 6.07 Å². The van der Waals surface area contributed by atoms with Crippen molar-refractivity contribution in [3.05, 3.63) is 47.7 Å². The molecule has 3 aliphatic rings. The topological polar surface area (TPSA) is 139 Å². The van der Waals surface area contributed by atoms with Crippen molar-refractivity contribution in [1.82, 2.24) is 15.1 Å². The number of hydrogen-bond acceptors (Lipinski definition) is 8. The van der Waals surface area contributed by atoms with Crippen molar-refractivity contribution in [1.29, 1.82) is 5.26 Å². The quantitative estimate of drug-likeness (QED) is 0.238. The van der Waals surface area contributed by atoms with E-state index in [0.717, 1.165) is 11.8 Å². The maximum atomic E-state index is 13.8. The number of alkyl carbamates (subject to hydrolysis) is 1. The summed E-state index contributed by atoms with van der Waals surface area (Å²) >= 11 is 0. The van der Waals surface area contributed by atoms with Gasteiger partial charge in [0.05, 0.1) is 24.8 Å². The van der Waals surface area contributed by atoms with Crippen LogP contribution in [0.5, 0.6) is 0 Å². The molecule has 0 spiro atoms. The van der Waals surface area contributed by atoms with Crippen molar-refractivity contribution in [3.63, 3.8) is 0 Å². The summed E-state index contributed by atoms with van der Waals surface area (Å²) in [4.78, 5) is 29.2. The number of carbonyl (C=O) groups excluding carboxylic acids is 2. The lowest BCUT2D eigenvalue weighted by atomic mass is 9.76. The summed E-state index contributed by atoms with van der Waals surface area (Å²) in [6.07, 6.45) is 2.74. The minimum absolute atomic E-state index is 0.0809. The van der Waals surface area contributed by atoms with Crippen LogP contribution in [0.2, 0.25) is 0 Å². The zero-order valence-electron chi connectivity index (χ0n) is 22.9. The zero-order chi connectivity index (χ0) is 29.5. The first-order chi connectivity index (χ1) is 19.4. The lowest BCUT2D eigenvalue weighted by Gasteiger charge is -2.33. The SMILES string of the molecule is CC(C)(C=C(C#N)C(=O)N1C[C@@H]2C[C@@H]2[C@@H]1COC(=O)N[C@@H](Cc1coc2ccccc12)B(O)O)N1CCC(F)(F)C1. The highest BCUT2D eigenvalue weighted by atomic mass is 19.3. The van der Waals surface area contributed by atoms with E-state index in [0.29, 0.717) is 17.7 Å². The third-order valence-electron chi connectivity index (χ3n) is 8.45. The van der Waals surface area contributed by atoms with Crippen LogP contribution in [0.4, 0.5) is 13.6 Å². The van der Waals surface area contributed by atoms with Gasteiger partial charge in [0.1, 0.15) is 23.8 Å². The Kier molecular flexibility index (Phi) is 7.85. The van der Waals surface area contributed by atoms with E-state index in [-0.39, 0.29) is 43.4 Å². The predicted octanol–water partition coefficient (Wildman–Crippen LogP) is 2.50. The standard InChI is InChI=1S/C28H33BF2N4O6/c1-27(2,34-8-7-28(30,31)16-34)11-19(12-32)25(36)35-13-17-9-21(17)22(35)15-41-26(37)33-24(29(38)39)10-18-14-40-23-6-4-3-5-20(18)23/h3-6,11,14,17,21-22,24,38-39H,7-10,13,15-16H2,1-2H3,(H,33,37)/t17-,21-,22-,24-/m0/s1. The van der Waals surface area contributed by atoms with Crippen molar-refractivity contribution >= 4 is 30.1 Å². The molecule has 3 heterocycles. The molecule has 0 radical (unpaired) electrons. The monoisotopic (exact) mass is 570 g/mol. The highest BCUT2D eigenvalue weighted by Crippen LogP contribution is 2.50. The molecule has 1 aromatic carbocycles. The molecular weight excluding hydrogens is 537 g/mol. The number of furan rings is 1. The van der Waals surface area contributed by atoms with E-state index in [1.165, 1.54) is 17.2 Å². The molecule has 13 heteroatoms. The molecule has 0 bridgehead atoms. The molecule has 3 N–H and O–H groups in total. The number of nitrogens with zero attached hydrogens (tertiary/aromatic N) is 3. The molecule has 218 valence electrons. The zero-order valence-corrected chi connectivity index (χ0v) is 22.9. The van der Waals surface area contributed by atoms with Crippen LogP contribution in [-0.4, -0.2) is 88.7 Å². The average Bonchev–Trinajstić information content (AvgIpc) is 3.22. The molecule has 2 saturated heterocycles. The summed E-state index contributed by atoms with van der Waals surface area (Å²) in [6, 6.07) is 8.74. The lowest BCUT2D eigenvalue weighted by Crippen LogP contribution is -2.49. The van der Waals surface area contributed by atoms with E-state index in [4.69, 9.17) is 9.15 Å². The van der Waals surface area contributed by atoms with Gasteiger partial charge in [-0.2, -0.15) is 5.26 Å². The van der Waals surface area contributed by atoms with Crippen LogP contribution in [0.1, 0.15) is 32.3 Å². The fraction of sp³-hybridized carbons (Fsp3) is 0.536. The van der Waals surface area contributed by atoms with Gasteiger partial charge in [-0.3, -0.25) is 9.69 Å². The Labute approximate surface area is 236 Å². The molecule has 10 nitrogen and oxygen atoms in total. The van der Waals surface area contributed by atoms with Crippen LogP contribution < -0.4 is 5.32 Å². The Balaban J connectivity index is 1.21. The first-order valence-corrected chi connectivity index (χ1v) is 13.7. The number of amides is 2. The number of alkyl halides is 2. The van der Waals surface area contributed by atoms with E-state index in [1.54, 1.807) is 24.8 Å². The number of rotatable bonds is 9. The second-order valence-corrected chi connectivity index (χ2v) is 11.8. The van der Waals surface area contributed by atoms with Gasteiger partial charge in [0, 0.05) is 30.4 Å². The highest BCUT2D eigenvalue weighted by molar-refractivity contribution is 6.43. The van der Waals surface area contributed by atoms with Crippen LogP contribution >= 0.6 is 0 Å². The third kappa shape index (κ3) is 6.24. The first-order valence-electron chi connectivity index (χ1n) is 13.7. The highest BCUT2D eigenvalue weighted by Gasteiger charge is 2.55. The number of carbonyl (C=O) groups is 2. The van der Waals surface area contributed by atoms with Gasteiger partial charge in [-0.05, 0) is 56.2 Å². The molecular formula is C28H33BF2N4O6. The molecule has 1 aromatic heterocycles. The number of fused-ring (bicyclic) bond motifs is 2. The summed E-state index contributed by atoms with van der Waals surface area (Å²) in [5, 5.41) is 32.8. The molecule has 2 amide bonds. The van der Waals surface area contributed by atoms with E-state index in [2.05, 4.69) is 5.32 Å². The van der Waals surface area contributed by atoms with Crippen LogP contribution in [0.25, 0.3) is 11.0 Å². The summed E-state index contributed by atoms with van der Waals surface area (Å²) in [5.74, 6) is -4.05. The van der Waals surface area contributed by atoms with Gasteiger partial charge in [0.25, 0.3) is 11.8 Å². The minimum Gasteiger partial charge on any atom is -0.464 e. The summed E-state index contributed by atoms with van der Waals surface area (Å²) < 4.78 is 38.5. The smallest absolute Gasteiger partial charge is 0.464 e. The molecule has 2 aromatic rings. The Hall–Kier alpha value is -3.47. The van der Waals surface area contributed by atoms with Crippen molar-refractivity contribution in [2.24, 2.45) is 11.8 Å². The fourth-order valence-corrected chi connectivity index (χ4v) is 6.00. The van der Waals surface area contributed by atoms with Crippen LogP contribution in [0, 0.1) is 23.2 Å². The largest absolute Gasteiger partial charge is 0.475 e. The van der Waals surface area contributed by atoms with Gasteiger partial charge in [-0.25, -0.2) is 13.6 Å². The number of benzene rings is 1. The van der Waals surface area contributed by atoms with Crippen molar-refractivity contribution in [2.45, 2.75) is 56.6 Å². The third-order valence-corrected chi connectivity index (χ3v) is 8.45. The van der Waals surface area contributed by atoms with Crippen LogP contribution in [-0.2, 0) is 16.0 Å². The van der Waals surface area contributed by atoms with Gasteiger partial charge in [0.2, 0.25) is 0 Å². The average molecular weight is 570 g/mol. The molecule has 1 saturated carbocycles. The summed E-state index contributed by atoms with van der Waals surface area (Å²) in [5.41, 5.74) is 0.240. The number of para-hydroxylation sites is 1. The number of piperidine rings is 1. The Morgan fingerprint density at radius 3 is 2.80 bits per heavy atom. The number of ether oxygens (including phenoxy) is 1. The summed E-state index contributed by atoms with van der Waals surface area (Å²) in [7, 11) is -1.86. The second kappa shape index (κ2) is 11.1. The number of nitrogens with one attached hydrogen (secondary N) is 1. The van der Waals surface area contributed by atoms with Gasteiger partial charge in [-0.1, -0.05) is 18.2 Å². The first kappa shape index (κ1) is 29.0. The molecule has 0 unspecified atom stereocenters. The molecule has 1 aliphatic carbocycles. The predicted molar refractivity (Wildman–Crippen MR) is 144 cm³/mol. The Bertz CT molecular complexity index is 1390. The lowest BCUT2D eigenvalue weighted by molar-refractivity contribution is -0.129. The van der Waals surface area contributed by atoms with E-state index >= 15 is 0 Å². The van der Waals surface area contributed by atoms with Gasteiger partial charge < -0.3 is 29.4 Å². The fourth-order valence-electron chi connectivity index (χ4n) is 6.00. The summed E-state index contributed by atoms with van der Waals surface area (Å²) in [6.45, 7) is 3.38. The van der Waals surface area contributed by atoms with E-state index < -0.39 is 49.1 Å². The van der Waals surface area contributed by atoms with E-state index in [1.807, 2.05) is 24.3 Å². The maximum Gasteiger partial charge on any atom is 0.475 e. The maximum absolute atomic E-state index is 13.8. The van der Waals surface area contributed by atoms with Gasteiger partial charge in [0.15, 0.2) is 0 Å². The molecule has 5 rings (SSSR count). The molecule has 4 atom stereocenters. The van der Waals surface area contributed by atoms with Crippen molar-refractivity contribution in [2.75, 3.05) is 26.2 Å². The molecule has 41 heavy (non-hydrogen) atoms. The van der Waals surface area contributed by atoms with Gasteiger partial charge >= 0.3 is 13.2 Å². The van der Waals surface area contributed by atoms with Crippen molar-refractivity contribution < 1.29 is 37.6 Å². The Morgan fingerprint density at radius 2 is 2.12 bits per heavy atom. The molecule has 3 fully saturated rings. The normalized spacial score (nSPS) is 24.6. The number of likely N-dealkylation sites (tertiary alicyclic amines) is 2. The molecule has 2 aliphatic heterocycles. The number of hydrogen-bond donors (Lipinski definition) is 3. The second-order valence-electron chi connectivity index (χ2n) is 11.8.